The number of benzene rings is 2. The van der Waals surface area contributed by atoms with Crippen molar-refractivity contribution in [2.45, 2.75) is 39.5 Å². The van der Waals surface area contributed by atoms with E-state index in [2.05, 4.69) is 45.6 Å². The van der Waals surface area contributed by atoms with Crippen LogP contribution in [0.4, 0.5) is 0 Å². The molecule has 4 rings (SSSR count). The fourth-order valence-corrected chi connectivity index (χ4v) is 4.65. The Balaban J connectivity index is 1.72. The first-order valence-electron chi connectivity index (χ1n) is 11.0. The van der Waals surface area contributed by atoms with Crippen LogP contribution in [-0.2, 0) is 4.74 Å². The van der Waals surface area contributed by atoms with Crippen molar-refractivity contribution in [3.8, 4) is 22.7 Å². The molecule has 162 valence electrons. The minimum absolute atomic E-state index is 0.307. The minimum Gasteiger partial charge on any atom is -0.493 e. The minimum atomic E-state index is -0.307. The third-order valence-corrected chi connectivity index (χ3v) is 6.35. The van der Waals surface area contributed by atoms with Gasteiger partial charge in [0.25, 0.3) is 0 Å². The number of carbonyl (C=O) groups excluding carboxylic acids is 1. The zero-order chi connectivity index (χ0) is 21.8. The van der Waals surface area contributed by atoms with Crippen molar-refractivity contribution in [3.05, 3.63) is 70.3 Å². The van der Waals surface area contributed by atoms with Crippen LogP contribution in [0, 0.1) is 12.8 Å². The van der Waals surface area contributed by atoms with Gasteiger partial charge in [0.1, 0.15) is 5.75 Å². The van der Waals surface area contributed by atoms with E-state index in [0.29, 0.717) is 18.1 Å². The molecular weight excluding hydrogens is 454 g/mol. The summed E-state index contributed by atoms with van der Waals surface area (Å²) in [5.41, 5.74) is 4.61. The zero-order valence-corrected chi connectivity index (χ0v) is 19.7. The number of hydrogen-bond donors (Lipinski definition) is 0. The number of carbonyl (C=O) groups is 1. The van der Waals surface area contributed by atoms with E-state index in [4.69, 9.17) is 9.47 Å². The van der Waals surface area contributed by atoms with Gasteiger partial charge in [0.2, 0.25) is 0 Å². The van der Waals surface area contributed by atoms with E-state index in [-0.39, 0.29) is 5.97 Å². The fourth-order valence-electron chi connectivity index (χ4n) is 4.29. The Morgan fingerprint density at radius 1 is 1.10 bits per heavy atom. The van der Waals surface area contributed by atoms with E-state index in [1.165, 1.54) is 25.7 Å². The molecule has 1 aliphatic rings. The summed E-state index contributed by atoms with van der Waals surface area (Å²) in [7, 11) is 0. The SMILES string of the molecule is CCOC(=O)c1cccc(-n2c(C)ccc2-c2cc(Br)ccc2OCC2CCCC2)c1. The monoisotopic (exact) mass is 481 g/mol. The van der Waals surface area contributed by atoms with Crippen LogP contribution in [-0.4, -0.2) is 23.8 Å². The van der Waals surface area contributed by atoms with Crippen molar-refractivity contribution in [2.24, 2.45) is 5.92 Å². The highest BCUT2D eigenvalue weighted by Crippen LogP contribution is 2.37. The van der Waals surface area contributed by atoms with E-state index >= 15 is 0 Å². The molecular formula is C26H28BrNO3. The summed E-state index contributed by atoms with van der Waals surface area (Å²) in [6.07, 6.45) is 5.12. The molecule has 0 unspecified atom stereocenters. The molecule has 1 heterocycles. The predicted octanol–water partition coefficient (Wildman–Crippen LogP) is 6.96. The van der Waals surface area contributed by atoms with Gasteiger partial charge in [-0.1, -0.05) is 34.8 Å². The largest absolute Gasteiger partial charge is 0.493 e. The highest BCUT2D eigenvalue weighted by molar-refractivity contribution is 9.10. The van der Waals surface area contributed by atoms with E-state index in [1.807, 2.05) is 37.3 Å². The molecule has 0 radical (unpaired) electrons. The molecule has 0 aliphatic heterocycles. The van der Waals surface area contributed by atoms with Gasteiger partial charge in [-0.05, 0) is 81.1 Å². The molecule has 0 N–H and O–H groups in total. The van der Waals surface area contributed by atoms with Crippen LogP contribution in [0.2, 0.25) is 0 Å². The van der Waals surface area contributed by atoms with Gasteiger partial charge in [-0.2, -0.15) is 0 Å². The summed E-state index contributed by atoms with van der Waals surface area (Å²) in [5.74, 6) is 1.22. The van der Waals surface area contributed by atoms with Gasteiger partial charge in [0.05, 0.1) is 24.5 Å². The molecule has 2 aromatic carbocycles. The van der Waals surface area contributed by atoms with Crippen molar-refractivity contribution in [3.63, 3.8) is 0 Å². The lowest BCUT2D eigenvalue weighted by molar-refractivity contribution is 0.0526. The van der Waals surface area contributed by atoms with Gasteiger partial charge < -0.3 is 14.0 Å². The summed E-state index contributed by atoms with van der Waals surface area (Å²) < 4.78 is 14.7. The van der Waals surface area contributed by atoms with Crippen LogP contribution < -0.4 is 4.74 Å². The first kappa shape index (κ1) is 21.7. The molecule has 31 heavy (non-hydrogen) atoms. The molecule has 1 saturated carbocycles. The molecule has 0 bridgehead atoms. The smallest absolute Gasteiger partial charge is 0.338 e. The molecule has 0 amide bonds. The Kier molecular flexibility index (Phi) is 6.81. The number of ether oxygens (including phenoxy) is 2. The predicted molar refractivity (Wildman–Crippen MR) is 127 cm³/mol. The maximum Gasteiger partial charge on any atom is 0.338 e. The van der Waals surface area contributed by atoms with Gasteiger partial charge in [0.15, 0.2) is 0 Å². The van der Waals surface area contributed by atoms with Crippen molar-refractivity contribution in [1.82, 2.24) is 4.57 Å². The van der Waals surface area contributed by atoms with Crippen LogP contribution >= 0.6 is 15.9 Å². The third-order valence-electron chi connectivity index (χ3n) is 5.86. The maximum atomic E-state index is 12.3. The number of aryl methyl sites for hydroxylation is 1. The van der Waals surface area contributed by atoms with Gasteiger partial charge in [-0.15, -0.1) is 0 Å². The van der Waals surface area contributed by atoms with Crippen molar-refractivity contribution >= 4 is 21.9 Å². The Hall–Kier alpha value is -2.53. The summed E-state index contributed by atoms with van der Waals surface area (Å²) in [6, 6.07) is 17.9. The first-order chi connectivity index (χ1) is 15.1. The normalized spacial score (nSPS) is 14.0. The molecule has 5 heteroatoms. The van der Waals surface area contributed by atoms with Crippen LogP contribution in [0.1, 0.15) is 48.7 Å². The second kappa shape index (κ2) is 9.73. The van der Waals surface area contributed by atoms with Gasteiger partial charge in [0, 0.05) is 21.4 Å². The lowest BCUT2D eigenvalue weighted by Gasteiger charge is -2.18. The Morgan fingerprint density at radius 3 is 2.68 bits per heavy atom. The molecule has 0 saturated heterocycles. The second-order valence-electron chi connectivity index (χ2n) is 8.07. The number of esters is 1. The van der Waals surface area contributed by atoms with Gasteiger partial charge in [-0.3, -0.25) is 0 Å². The van der Waals surface area contributed by atoms with Gasteiger partial charge >= 0.3 is 5.97 Å². The first-order valence-corrected chi connectivity index (χ1v) is 11.7. The number of halogens is 1. The third kappa shape index (κ3) is 4.87. The molecule has 0 atom stereocenters. The lowest BCUT2D eigenvalue weighted by atomic mass is 10.1. The number of aromatic nitrogens is 1. The van der Waals surface area contributed by atoms with Crippen LogP contribution in [0.25, 0.3) is 16.9 Å². The maximum absolute atomic E-state index is 12.3. The Labute approximate surface area is 192 Å². The summed E-state index contributed by atoms with van der Waals surface area (Å²) in [5, 5.41) is 0. The molecule has 1 aromatic heterocycles. The summed E-state index contributed by atoms with van der Waals surface area (Å²) in [4.78, 5) is 12.3. The molecule has 0 spiro atoms. The quantitative estimate of drug-likeness (QED) is 0.342. The van der Waals surface area contributed by atoms with E-state index in [9.17, 15) is 4.79 Å². The van der Waals surface area contributed by atoms with E-state index in [1.54, 1.807) is 6.07 Å². The second-order valence-corrected chi connectivity index (χ2v) is 8.98. The average molecular weight is 482 g/mol. The highest BCUT2D eigenvalue weighted by Gasteiger charge is 2.19. The van der Waals surface area contributed by atoms with E-state index < -0.39 is 0 Å². The number of rotatable bonds is 7. The van der Waals surface area contributed by atoms with Crippen molar-refractivity contribution in [2.75, 3.05) is 13.2 Å². The van der Waals surface area contributed by atoms with Crippen molar-refractivity contribution < 1.29 is 14.3 Å². The topological polar surface area (TPSA) is 40.5 Å². The molecule has 3 aromatic rings. The summed E-state index contributed by atoms with van der Waals surface area (Å²) >= 11 is 3.62. The van der Waals surface area contributed by atoms with Crippen LogP contribution in [0.5, 0.6) is 5.75 Å². The number of nitrogens with zero attached hydrogens (tertiary/aromatic N) is 1. The highest BCUT2D eigenvalue weighted by atomic mass is 79.9. The van der Waals surface area contributed by atoms with Crippen LogP contribution in [0.15, 0.2) is 59.1 Å². The van der Waals surface area contributed by atoms with Crippen molar-refractivity contribution in [1.29, 1.82) is 0 Å². The Morgan fingerprint density at radius 2 is 1.90 bits per heavy atom. The molecule has 1 fully saturated rings. The molecule has 1 aliphatic carbocycles. The molecule has 4 nitrogen and oxygen atoms in total. The van der Waals surface area contributed by atoms with Gasteiger partial charge in [-0.25, -0.2) is 4.79 Å². The fraction of sp³-hybridized carbons (Fsp3) is 0.346. The standard InChI is InChI=1S/C26H28BrNO3/c1-3-30-26(29)20-9-6-10-22(15-20)28-18(2)11-13-24(28)23-16-21(27)12-14-25(23)31-17-19-7-4-5-8-19/h6,9-16,19H,3-5,7-8,17H2,1-2H3. The Bertz CT molecular complexity index is 1070. The van der Waals surface area contributed by atoms with E-state index in [0.717, 1.165) is 39.5 Å². The summed E-state index contributed by atoms with van der Waals surface area (Å²) in [6.45, 7) is 5.00. The van der Waals surface area contributed by atoms with Crippen LogP contribution in [0.3, 0.4) is 0 Å². The lowest BCUT2D eigenvalue weighted by Crippen LogP contribution is -2.09. The zero-order valence-electron chi connectivity index (χ0n) is 18.1. The average Bonchev–Trinajstić information content (AvgIpc) is 3.42. The number of hydrogen-bond acceptors (Lipinski definition) is 3.